The number of nitrogens with two attached hydrogens (primary N) is 1. The number of anilines is 1. The Balaban J connectivity index is 2.90. The molecular formula is C11H15N3O3S2. The van der Waals surface area contributed by atoms with Gasteiger partial charge in [0.15, 0.2) is 4.99 Å². The third-order valence-corrected chi connectivity index (χ3v) is 3.70. The van der Waals surface area contributed by atoms with Crippen LogP contribution in [0.25, 0.3) is 0 Å². The third-order valence-electron chi connectivity index (χ3n) is 2.20. The average Bonchev–Trinajstić information content (AvgIpc) is 2.81. The maximum Gasteiger partial charge on any atom is 0.339 e. The van der Waals surface area contributed by atoms with Crippen LogP contribution >= 0.6 is 23.6 Å². The molecule has 1 aromatic heterocycles. The molecule has 0 aliphatic carbocycles. The van der Waals surface area contributed by atoms with Crippen molar-refractivity contribution in [1.82, 2.24) is 5.43 Å². The van der Waals surface area contributed by atoms with Crippen LogP contribution in [0.3, 0.4) is 0 Å². The molecule has 0 saturated heterocycles. The molecule has 1 amide bonds. The molecule has 0 unspecified atom stereocenters. The Hall–Kier alpha value is -1.51. The summed E-state index contributed by atoms with van der Waals surface area (Å²) >= 11 is 6.01. The number of aryl methyl sites for hydroxylation is 1. The zero-order valence-corrected chi connectivity index (χ0v) is 12.2. The summed E-state index contributed by atoms with van der Waals surface area (Å²) in [7, 11) is 0. The number of hydrazine groups is 1. The molecule has 1 heterocycles. The van der Waals surface area contributed by atoms with E-state index < -0.39 is 11.9 Å². The van der Waals surface area contributed by atoms with Gasteiger partial charge in [-0.2, -0.15) is 0 Å². The molecule has 1 aromatic rings. The fourth-order valence-corrected chi connectivity index (χ4v) is 2.40. The standard InChI is InChI=1S/C11H15N3O3S2/c1-3-7-6(11(16)17-4-2)5-8(19-7)13-9(15)10(18)14-12/h5H,3-4,12H2,1-2H3,(H,13,15)(H,14,18). The van der Waals surface area contributed by atoms with Gasteiger partial charge in [0.05, 0.1) is 17.2 Å². The first kappa shape index (κ1) is 15.5. The Labute approximate surface area is 120 Å². The molecule has 0 saturated carbocycles. The summed E-state index contributed by atoms with van der Waals surface area (Å²) in [6, 6.07) is 1.58. The first-order chi connectivity index (χ1) is 9.03. The highest BCUT2D eigenvalue weighted by Crippen LogP contribution is 2.28. The molecular weight excluding hydrogens is 286 g/mol. The van der Waals surface area contributed by atoms with E-state index in [1.807, 2.05) is 6.92 Å². The predicted octanol–water partition coefficient (Wildman–Crippen LogP) is 1.22. The number of amides is 1. The molecule has 104 valence electrons. The normalized spacial score (nSPS) is 9.84. The average molecular weight is 301 g/mol. The van der Waals surface area contributed by atoms with Gasteiger partial charge in [-0.15, -0.1) is 11.3 Å². The van der Waals surface area contributed by atoms with Gasteiger partial charge in [-0.05, 0) is 19.4 Å². The number of esters is 1. The van der Waals surface area contributed by atoms with Crippen molar-refractivity contribution in [2.75, 3.05) is 11.9 Å². The summed E-state index contributed by atoms with van der Waals surface area (Å²) in [6.07, 6.45) is 0.675. The van der Waals surface area contributed by atoms with Crippen LogP contribution in [-0.2, 0) is 16.0 Å². The lowest BCUT2D eigenvalue weighted by molar-refractivity contribution is -0.110. The predicted molar refractivity (Wildman–Crippen MR) is 78.2 cm³/mol. The highest BCUT2D eigenvalue weighted by molar-refractivity contribution is 7.82. The van der Waals surface area contributed by atoms with E-state index >= 15 is 0 Å². The summed E-state index contributed by atoms with van der Waals surface area (Å²) in [5, 5.41) is 3.10. The van der Waals surface area contributed by atoms with Crippen molar-refractivity contribution in [2.45, 2.75) is 20.3 Å². The highest BCUT2D eigenvalue weighted by atomic mass is 32.1. The van der Waals surface area contributed by atoms with Gasteiger partial charge in [0, 0.05) is 4.88 Å². The van der Waals surface area contributed by atoms with E-state index in [2.05, 4.69) is 10.7 Å². The van der Waals surface area contributed by atoms with Crippen molar-refractivity contribution in [1.29, 1.82) is 0 Å². The number of carbonyl (C=O) groups is 2. The molecule has 8 heteroatoms. The van der Waals surface area contributed by atoms with E-state index in [1.54, 1.807) is 13.0 Å². The van der Waals surface area contributed by atoms with Gasteiger partial charge < -0.3 is 15.5 Å². The zero-order chi connectivity index (χ0) is 14.4. The number of rotatable bonds is 4. The summed E-state index contributed by atoms with van der Waals surface area (Å²) < 4.78 is 4.95. The van der Waals surface area contributed by atoms with E-state index in [9.17, 15) is 9.59 Å². The molecule has 19 heavy (non-hydrogen) atoms. The number of thiophene rings is 1. The summed E-state index contributed by atoms with van der Waals surface area (Å²) in [5.74, 6) is 4.14. The van der Waals surface area contributed by atoms with E-state index in [-0.39, 0.29) is 4.99 Å². The molecule has 0 aliphatic rings. The number of thiocarbonyl (C=S) groups is 1. The Morgan fingerprint density at radius 3 is 2.68 bits per heavy atom. The minimum absolute atomic E-state index is 0.121. The molecule has 0 fully saturated rings. The van der Waals surface area contributed by atoms with Gasteiger partial charge in [0.25, 0.3) is 5.91 Å². The lowest BCUT2D eigenvalue weighted by Crippen LogP contribution is -2.37. The second kappa shape index (κ2) is 7.17. The highest BCUT2D eigenvalue weighted by Gasteiger charge is 2.18. The molecule has 6 nitrogen and oxygen atoms in total. The first-order valence-corrected chi connectivity index (χ1v) is 6.87. The van der Waals surface area contributed by atoms with Gasteiger partial charge in [-0.1, -0.05) is 19.1 Å². The number of hydrogen-bond donors (Lipinski definition) is 3. The Morgan fingerprint density at radius 2 is 2.16 bits per heavy atom. The second-order valence-corrected chi connectivity index (χ2v) is 4.99. The minimum Gasteiger partial charge on any atom is -0.462 e. The van der Waals surface area contributed by atoms with Crippen LogP contribution in [0.5, 0.6) is 0 Å². The van der Waals surface area contributed by atoms with Crippen molar-refractivity contribution in [3.05, 3.63) is 16.5 Å². The van der Waals surface area contributed by atoms with Gasteiger partial charge in [0.1, 0.15) is 0 Å². The Bertz CT molecular complexity index is 499. The molecule has 0 aromatic carbocycles. The fraction of sp³-hybridized carbons (Fsp3) is 0.364. The molecule has 1 rings (SSSR count). The van der Waals surface area contributed by atoms with Crippen molar-refractivity contribution >= 4 is 45.4 Å². The van der Waals surface area contributed by atoms with Crippen LogP contribution in [0.2, 0.25) is 0 Å². The molecule has 0 bridgehead atoms. The minimum atomic E-state index is -0.517. The van der Waals surface area contributed by atoms with Crippen molar-refractivity contribution in [3.8, 4) is 0 Å². The quantitative estimate of drug-likeness (QED) is 0.335. The van der Waals surface area contributed by atoms with E-state index in [4.69, 9.17) is 22.8 Å². The molecule has 4 N–H and O–H groups in total. The van der Waals surface area contributed by atoms with Gasteiger partial charge in [-0.3, -0.25) is 4.79 Å². The van der Waals surface area contributed by atoms with Crippen LogP contribution in [0.1, 0.15) is 29.1 Å². The van der Waals surface area contributed by atoms with Gasteiger partial charge in [-0.25, -0.2) is 10.6 Å². The summed E-state index contributed by atoms with van der Waals surface area (Å²) in [4.78, 5) is 24.0. The maximum atomic E-state index is 11.7. The van der Waals surface area contributed by atoms with Gasteiger partial charge in [0.2, 0.25) is 0 Å². The lowest BCUT2D eigenvalue weighted by atomic mass is 10.2. The van der Waals surface area contributed by atoms with Crippen molar-refractivity contribution < 1.29 is 14.3 Å². The SMILES string of the molecule is CCOC(=O)c1cc(NC(=O)C(=S)NN)sc1CC. The Morgan fingerprint density at radius 1 is 1.47 bits per heavy atom. The summed E-state index contributed by atoms with van der Waals surface area (Å²) in [5.41, 5.74) is 2.56. The number of carbonyl (C=O) groups excluding carboxylic acids is 2. The van der Waals surface area contributed by atoms with Gasteiger partial charge >= 0.3 is 5.97 Å². The monoisotopic (exact) mass is 301 g/mol. The number of hydrogen-bond acceptors (Lipinski definition) is 6. The molecule has 0 atom stereocenters. The van der Waals surface area contributed by atoms with Crippen LogP contribution in [-0.4, -0.2) is 23.5 Å². The third kappa shape index (κ3) is 3.98. The van der Waals surface area contributed by atoms with Crippen molar-refractivity contribution in [3.63, 3.8) is 0 Å². The summed E-state index contributed by atoms with van der Waals surface area (Å²) in [6.45, 7) is 3.97. The maximum absolute atomic E-state index is 11.7. The zero-order valence-electron chi connectivity index (χ0n) is 10.6. The molecule has 0 radical (unpaired) electrons. The van der Waals surface area contributed by atoms with Crippen LogP contribution in [0.4, 0.5) is 5.00 Å². The van der Waals surface area contributed by atoms with E-state index in [0.29, 0.717) is 23.6 Å². The van der Waals surface area contributed by atoms with Crippen LogP contribution in [0.15, 0.2) is 6.07 Å². The number of nitrogens with one attached hydrogen (secondary N) is 2. The Kier molecular flexibility index (Phi) is 5.87. The largest absolute Gasteiger partial charge is 0.462 e. The molecule has 0 aliphatic heterocycles. The smallest absolute Gasteiger partial charge is 0.339 e. The van der Waals surface area contributed by atoms with Crippen LogP contribution in [0, 0.1) is 0 Å². The van der Waals surface area contributed by atoms with Crippen LogP contribution < -0.4 is 16.6 Å². The first-order valence-electron chi connectivity index (χ1n) is 5.65. The van der Waals surface area contributed by atoms with E-state index in [1.165, 1.54) is 11.3 Å². The number of ether oxygens (including phenoxy) is 1. The topological polar surface area (TPSA) is 93.4 Å². The molecule has 0 spiro atoms. The van der Waals surface area contributed by atoms with Crippen molar-refractivity contribution in [2.24, 2.45) is 5.84 Å². The van der Waals surface area contributed by atoms with E-state index in [0.717, 1.165) is 4.88 Å². The second-order valence-electron chi connectivity index (χ2n) is 3.45. The lowest BCUT2D eigenvalue weighted by Gasteiger charge is -2.02. The fourth-order valence-electron chi connectivity index (χ4n) is 1.37.